The quantitative estimate of drug-likeness (QED) is 0.803. The van der Waals surface area contributed by atoms with E-state index in [9.17, 15) is 12.6 Å². The van der Waals surface area contributed by atoms with Crippen molar-refractivity contribution < 1.29 is 12.6 Å². The maximum Gasteiger partial charge on any atom is 0.240 e. The van der Waals surface area contributed by atoms with E-state index in [1.165, 1.54) is 12.1 Å². The minimum Gasteiger partial charge on any atom is -0.399 e. The summed E-state index contributed by atoms with van der Waals surface area (Å²) in [4.78, 5) is 0.198. The van der Waals surface area contributed by atoms with Gasteiger partial charge in [-0.2, -0.15) is 0 Å². The van der Waals surface area contributed by atoms with Crippen molar-refractivity contribution in [3.63, 3.8) is 0 Å². The molecule has 1 aromatic rings. The Morgan fingerprint density at radius 3 is 2.48 bits per heavy atom. The summed E-state index contributed by atoms with van der Waals surface area (Å²) in [6, 6.07) is 5.87. The third kappa shape index (κ3) is 4.05. The molecule has 1 saturated carbocycles. The first kappa shape index (κ1) is 16.5. The van der Waals surface area contributed by atoms with Crippen LogP contribution in [-0.2, 0) is 20.8 Å². The summed E-state index contributed by atoms with van der Waals surface area (Å²) in [7, 11) is -4.58. The molecule has 1 aliphatic rings. The van der Waals surface area contributed by atoms with Gasteiger partial charge in [-0.15, -0.1) is 0 Å². The van der Waals surface area contributed by atoms with Gasteiger partial charge >= 0.3 is 0 Å². The number of sulfonamides is 1. The highest BCUT2D eigenvalue weighted by Gasteiger charge is 2.32. The summed E-state index contributed by atoms with van der Waals surface area (Å²) in [5, 5.41) is -0.0905. The van der Waals surface area contributed by atoms with E-state index < -0.39 is 20.8 Å². The molecular weight excluding hydrogens is 308 g/mol. The molecule has 0 amide bonds. The number of nitrogens with two attached hydrogens (primary N) is 1. The molecule has 0 unspecified atom stereocenters. The van der Waals surface area contributed by atoms with E-state index in [1.807, 2.05) is 6.92 Å². The lowest BCUT2D eigenvalue weighted by atomic mass is 9.96. The summed E-state index contributed by atoms with van der Waals surface area (Å²) >= 11 is 0. The van der Waals surface area contributed by atoms with Crippen molar-refractivity contribution in [1.29, 1.82) is 0 Å². The van der Waals surface area contributed by atoms with Gasteiger partial charge in [0.2, 0.25) is 10.0 Å². The van der Waals surface area contributed by atoms with Crippen molar-refractivity contribution in [2.45, 2.75) is 48.8 Å². The number of rotatable bonds is 5. The second kappa shape index (κ2) is 6.89. The van der Waals surface area contributed by atoms with Crippen molar-refractivity contribution >= 4 is 26.5 Å². The summed E-state index contributed by atoms with van der Waals surface area (Å²) in [6.45, 7) is 1.87. The minimum atomic E-state index is -3.59. The standard InChI is InChI=1S/C14H22N2O3S2/c1-2-20(17)14-6-4-3-5-13(14)16-21(18,19)12-9-7-11(15)8-10-12/h7-10,13-14,16H,2-6,15H2,1H3/t13-,14+,20+/m0/s1. The Morgan fingerprint density at radius 1 is 1.24 bits per heavy atom. The Balaban J connectivity index is 2.17. The molecule has 118 valence electrons. The zero-order valence-electron chi connectivity index (χ0n) is 12.1. The summed E-state index contributed by atoms with van der Waals surface area (Å²) in [5.41, 5.74) is 6.10. The highest BCUT2D eigenvalue weighted by Crippen LogP contribution is 2.25. The highest BCUT2D eigenvalue weighted by molar-refractivity contribution is 7.89. The van der Waals surface area contributed by atoms with Gasteiger partial charge in [-0.25, -0.2) is 13.1 Å². The van der Waals surface area contributed by atoms with Crippen LogP contribution in [0.15, 0.2) is 29.2 Å². The molecule has 21 heavy (non-hydrogen) atoms. The van der Waals surface area contributed by atoms with Gasteiger partial charge in [0.1, 0.15) is 0 Å². The van der Waals surface area contributed by atoms with Crippen LogP contribution in [0.3, 0.4) is 0 Å². The third-order valence-electron chi connectivity index (χ3n) is 3.82. The van der Waals surface area contributed by atoms with Gasteiger partial charge in [0.25, 0.3) is 0 Å². The molecule has 0 radical (unpaired) electrons. The van der Waals surface area contributed by atoms with Crippen molar-refractivity contribution in [2.24, 2.45) is 0 Å². The van der Waals surface area contributed by atoms with Crippen LogP contribution < -0.4 is 10.5 Å². The molecule has 7 heteroatoms. The van der Waals surface area contributed by atoms with E-state index in [4.69, 9.17) is 5.73 Å². The van der Waals surface area contributed by atoms with Crippen molar-refractivity contribution in [2.75, 3.05) is 11.5 Å². The smallest absolute Gasteiger partial charge is 0.240 e. The lowest BCUT2D eigenvalue weighted by molar-refractivity contribution is 0.416. The summed E-state index contributed by atoms with van der Waals surface area (Å²) in [6.07, 6.45) is 3.53. The maximum absolute atomic E-state index is 12.4. The monoisotopic (exact) mass is 330 g/mol. The van der Waals surface area contributed by atoms with Gasteiger partial charge in [0, 0.05) is 28.3 Å². The summed E-state index contributed by atoms with van der Waals surface area (Å²) < 4.78 is 39.7. The van der Waals surface area contributed by atoms with Crippen molar-refractivity contribution in [3.05, 3.63) is 24.3 Å². The molecule has 1 fully saturated rings. The van der Waals surface area contributed by atoms with Gasteiger partial charge in [-0.3, -0.25) is 4.21 Å². The van der Waals surface area contributed by atoms with E-state index in [-0.39, 0.29) is 16.2 Å². The second-order valence-electron chi connectivity index (χ2n) is 5.29. The molecule has 5 nitrogen and oxygen atoms in total. The second-order valence-corrected chi connectivity index (χ2v) is 8.95. The number of hydrogen-bond donors (Lipinski definition) is 2. The predicted molar refractivity (Wildman–Crippen MR) is 85.9 cm³/mol. The number of hydrogen-bond acceptors (Lipinski definition) is 4. The van der Waals surface area contributed by atoms with Crippen LogP contribution in [-0.4, -0.2) is 29.7 Å². The van der Waals surface area contributed by atoms with Crippen LogP contribution in [0.5, 0.6) is 0 Å². The van der Waals surface area contributed by atoms with E-state index in [0.29, 0.717) is 11.4 Å². The molecule has 2 rings (SSSR count). The Hall–Kier alpha value is -0.920. The van der Waals surface area contributed by atoms with Crippen LogP contribution in [0.1, 0.15) is 32.6 Å². The van der Waals surface area contributed by atoms with Crippen LogP contribution in [0.25, 0.3) is 0 Å². The van der Waals surface area contributed by atoms with E-state index in [2.05, 4.69) is 4.72 Å². The average Bonchev–Trinajstić information content (AvgIpc) is 2.47. The highest BCUT2D eigenvalue weighted by atomic mass is 32.2. The normalized spacial score (nSPS) is 24.6. The fraction of sp³-hybridized carbons (Fsp3) is 0.571. The predicted octanol–water partition coefficient (Wildman–Crippen LogP) is 1.63. The molecule has 0 saturated heterocycles. The number of benzene rings is 1. The lowest BCUT2D eigenvalue weighted by Gasteiger charge is -2.31. The van der Waals surface area contributed by atoms with Gasteiger partial charge in [-0.1, -0.05) is 19.8 Å². The Labute approximate surface area is 128 Å². The Kier molecular flexibility index (Phi) is 5.40. The Morgan fingerprint density at radius 2 is 1.86 bits per heavy atom. The number of nitrogens with one attached hydrogen (secondary N) is 1. The molecule has 1 aliphatic carbocycles. The van der Waals surface area contributed by atoms with Crippen LogP contribution >= 0.6 is 0 Å². The van der Waals surface area contributed by atoms with E-state index >= 15 is 0 Å². The molecule has 1 aromatic carbocycles. The van der Waals surface area contributed by atoms with Crippen LogP contribution in [0, 0.1) is 0 Å². The zero-order valence-corrected chi connectivity index (χ0v) is 13.8. The van der Waals surface area contributed by atoms with Gasteiger partial charge in [0.05, 0.1) is 10.1 Å². The first-order valence-electron chi connectivity index (χ1n) is 7.19. The van der Waals surface area contributed by atoms with Crippen molar-refractivity contribution in [1.82, 2.24) is 4.72 Å². The molecule has 3 N–H and O–H groups in total. The SMILES string of the molecule is CC[S@@](=O)[C@@H]1CCCC[C@@H]1NS(=O)(=O)c1ccc(N)cc1. The minimum absolute atomic E-state index is 0.0905. The average molecular weight is 330 g/mol. The molecule has 0 spiro atoms. The zero-order chi connectivity index (χ0) is 15.5. The van der Waals surface area contributed by atoms with E-state index in [1.54, 1.807) is 12.1 Å². The molecule has 0 heterocycles. The van der Waals surface area contributed by atoms with E-state index in [0.717, 1.165) is 25.7 Å². The third-order valence-corrected chi connectivity index (χ3v) is 7.14. The molecule has 3 atom stereocenters. The van der Waals surface area contributed by atoms with Crippen molar-refractivity contribution in [3.8, 4) is 0 Å². The molecular formula is C14H22N2O3S2. The molecule has 0 aliphatic heterocycles. The summed E-state index contributed by atoms with van der Waals surface area (Å²) in [5.74, 6) is 0.560. The van der Waals surface area contributed by atoms with Crippen LogP contribution in [0.2, 0.25) is 0 Å². The number of anilines is 1. The largest absolute Gasteiger partial charge is 0.399 e. The molecule has 0 bridgehead atoms. The number of nitrogen functional groups attached to an aromatic ring is 1. The fourth-order valence-corrected chi connectivity index (χ4v) is 5.50. The topological polar surface area (TPSA) is 89.3 Å². The van der Waals surface area contributed by atoms with Gasteiger partial charge in [-0.05, 0) is 37.1 Å². The molecule has 0 aromatic heterocycles. The first-order chi connectivity index (χ1) is 9.94. The first-order valence-corrected chi connectivity index (χ1v) is 10.1. The van der Waals surface area contributed by atoms with Crippen LogP contribution in [0.4, 0.5) is 5.69 Å². The van der Waals surface area contributed by atoms with Gasteiger partial charge < -0.3 is 5.73 Å². The Bertz CT molecular complexity index is 599. The maximum atomic E-state index is 12.4. The fourth-order valence-electron chi connectivity index (χ4n) is 2.67. The van der Waals surface area contributed by atoms with Gasteiger partial charge in [0.15, 0.2) is 0 Å². The lowest BCUT2D eigenvalue weighted by Crippen LogP contribution is -2.47.